The van der Waals surface area contributed by atoms with Crippen LogP contribution in [-0.2, 0) is 14.3 Å². The average molecular weight is 255 g/mol. The van der Waals surface area contributed by atoms with E-state index in [1.807, 2.05) is 13.0 Å². The summed E-state index contributed by atoms with van der Waals surface area (Å²) in [6, 6.07) is 0. The standard InChI is InChI=1S/C14H25NO3/c1-5-17-14-8-6-7-12(18-14)9-11(2)10-13(16)15(3)4/h6,8,11-12,14H,5,7,9-10H2,1-4H3/t11-,12?,14?/m1/s1. The number of rotatable bonds is 6. The Bertz CT molecular complexity index is 289. The van der Waals surface area contributed by atoms with Crippen molar-refractivity contribution in [3.8, 4) is 0 Å². The molecule has 104 valence electrons. The Hall–Kier alpha value is -0.870. The van der Waals surface area contributed by atoms with Gasteiger partial charge in [0.2, 0.25) is 5.91 Å². The number of amides is 1. The van der Waals surface area contributed by atoms with Crippen molar-refractivity contribution in [2.75, 3.05) is 20.7 Å². The molecular formula is C14H25NO3. The number of carbonyl (C=O) groups excluding carboxylic acids is 1. The van der Waals surface area contributed by atoms with E-state index in [4.69, 9.17) is 9.47 Å². The van der Waals surface area contributed by atoms with Crippen molar-refractivity contribution in [1.82, 2.24) is 4.90 Å². The molecule has 4 heteroatoms. The van der Waals surface area contributed by atoms with E-state index < -0.39 is 0 Å². The molecule has 18 heavy (non-hydrogen) atoms. The van der Waals surface area contributed by atoms with E-state index in [9.17, 15) is 4.79 Å². The average Bonchev–Trinajstić information content (AvgIpc) is 2.29. The molecule has 0 spiro atoms. The minimum absolute atomic E-state index is 0.163. The summed E-state index contributed by atoms with van der Waals surface area (Å²) in [7, 11) is 3.58. The largest absolute Gasteiger partial charge is 0.349 e. The summed E-state index contributed by atoms with van der Waals surface area (Å²) >= 11 is 0. The maximum atomic E-state index is 11.6. The molecule has 0 bridgehead atoms. The number of hydrogen-bond acceptors (Lipinski definition) is 3. The molecule has 4 nitrogen and oxygen atoms in total. The Morgan fingerprint density at radius 1 is 1.56 bits per heavy atom. The van der Waals surface area contributed by atoms with Gasteiger partial charge in [0.15, 0.2) is 6.29 Å². The molecule has 0 fully saturated rings. The van der Waals surface area contributed by atoms with Gasteiger partial charge >= 0.3 is 0 Å². The van der Waals surface area contributed by atoms with Gasteiger partial charge in [0, 0.05) is 27.1 Å². The van der Waals surface area contributed by atoms with Crippen LogP contribution in [0.2, 0.25) is 0 Å². The first kappa shape index (κ1) is 15.2. The smallest absolute Gasteiger partial charge is 0.222 e. The van der Waals surface area contributed by atoms with Gasteiger partial charge in [0.25, 0.3) is 0 Å². The van der Waals surface area contributed by atoms with Gasteiger partial charge in [-0.2, -0.15) is 0 Å². The van der Waals surface area contributed by atoms with Crippen molar-refractivity contribution in [2.24, 2.45) is 5.92 Å². The first-order chi connectivity index (χ1) is 8.52. The second kappa shape index (κ2) is 7.54. The number of hydrogen-bond donors (Lipinski definition) is 0. The molecule has 0 saturated heterocycles. The molecule has 0 radical (unpaired) electrons. The van der Waals surface area contributed by atoms with Gasteiger partial charge in [-0.25, -0.2) is 0 Å². The minimum atomic E-state index is -0.217. The molecule has 0 aromatic heterocycles. The van der Waals surface area contributed by atoms with E-state index in [0.717, 1.165) is 12.8 Å². The predicted molar refractivity (Wildman–Crippen MR) is 71.1 cm³/mol. The summed E-state index contributed by atoms with van der Waals surface area (Å²) in [5.41, 5.74) is 0. The minimum Gasteiger partial charge on any atom is -0.349 e. The molecule has 1 aliphatic heterocycles. The fourth-order valence-electron chi connectivity index (χ4n) is 2.06. The highest BCUT2D eigenvalue weighted by Gasteiger charge is 2.21. The monoisotopic (exact) mass is 255 g/mol. The molecule has 1 amide bonds. The third-order valence-corrected chi connectivity index (χ3v) is 3.04. The summed E-state index contributed by atoms with van der Waals surface area (Å²) in [6.07, 6.45) is 6.39. The topological polar surface area (TPSA) is 38.8 Å². The first-order valence-electron chi connectivity index (χ1n) is 6.66. The number of ether oxygens (including phenoxy) is 2. The van der Waals surface area contributed by atoms with Gasteiger partial charge in [-0.1, -0.05) is 13.0 Å². The van der Waals surface area contributed by atoms with Crippen molar-refractivity contribution < 1.29 is 14.3 Å². The van der Waals surface area contributed by atoms with E-state index in [0.29, 0.717) is 18.9 Å². The van der Waals surface area contributed by atoms with Crippen molar-refractivity contribution in [3.05, 3.63) is 12.2 Å². The summed E-state index contributed by atoms with van der Waals surface area (Å²) in [5, 5.41) is 0. The van der Waals surface area contributed by atoms with E-state index in [1.165, 1.54) is 0 Å². The van der Waals surface area contributed by atoms with Gasteiger partial charge in [-0.05, 0) is 31.8 Å². The van der Waals surface area contributed by atoms with Gasteiger partial charge in [0.05, 0.1) is 6.10 Å². The van der Waals surface area contributed by atoms with Gasteiger partial charge in [0.1, 0.15) is 0 Å². The lowest BCUT2D eigenvalue weighted by molar-refractivity contribution is -0.149. The van der Waals surface area contributed by atoms with E-state index in [-0.39, 0.29) is 18.3 Å². The van der Waals surface area contributed by atoms with Crippen molar-refractivity contribution >= 4 is 5.91 Å². The van der Waals surface area contributed by atoms with Crippen LogP contribution in [0.3, 0.4) is 0 Å². The van der Waals surface area contributed by atoms with Crippen LogP contribution < -0.4 is 0 Å². The second-order valence-corrected chi connectivity index (χ2v) is 5.08. The first-order valence-corrected chi connectivity index (χ1v) is 6.66. The Morgan fingerprint density at radius 2 is 2.28 bits per heavy atom. The molecule has 0 aromatic rings. The number of nitrogens with zero attached hydrogens (tertiary/aromatic N) is 1. The van der Waals surface area contributed by atoms with Crippen LogP contribution in [0.25, 0.3) is 0 Å². The lowest BCUT2D eigenvalue weighted by Gasteiger charge is -2.27. The van der Waals surface area contributed by atoms with Gasteiger partial charge < -0.3 is 14.4 Å². The molecule has 3 atom stereocenters. The SMILES string of the molecule is CCOC1C=CCC(C[C@@H](C)CC(=O)N(C)C)O1. The Balaban J connectivity index is 2.34. The highest BCUT2D eigenvalue weighted by Crippen LogP contribution is 2.21. The molecule has 2 unspecified atom stereocenters. The molecule has 0 N–H and O–H groups in total. The Labute approximate surface area is 110 Å². The predicted octanol–water partition coefficient (Wildman–Crippen LogP) is 2.20. The van der Waals surface area contributed by atoms with Gasteiger partial charge in [-0.15, -0.1) is 0 Å². The van der Waals surface area contributed by atoms with E-state index in [2.05, 4.69) is 13.0 Å². The fraction of sp³-hybridized carbons (Fsp3) is 0.786. The summed E-state index contributed by atoms with van der Waals surface area (Å²) in [6.45, 7) is 4.70. The third-order valence-electron chi connectivity index (χ3n) is 3.04. The lowest BCUT2D eigenvalue weighted by Crippen LogP contribution is -2.29. The van der Waals surface area contributed by atoms with Crippen LogP contribution in [0.1, 0.15) is 33.1 Å². The molecule has 0 aliphatic carbocycles. The van der Waals surface area contributed by atoms with Crippen molar-refractivity contribution in [1.29, 1.82) is 0 Å². The molecule has 1 rings (SSSR count). The molecule has 0 aromatic carbocycles. The highest BCUT2D eigenvalue weighted by atomic mass is 16.7. The maximum Gasteiger partial charge on any atom is 0.222 e. The zero-order valence-electron chi connectivity index (χ0n) is 11.9. The van der Waals surface area contributed by atoms with Crippen LogP contribution in [-0.4, -0.2) is 43.9 Å². The number of carbonyl (C=O) groups is 1. The zero-order chi connectivity index (χ0) is 13.5. The van der Waals surface area contributed by atoms with Gasteiger partial charge in [-0.3, -0.25) is 4.79 Å². The molecule has 0 saturated carbocycles. The second-order valence-electron chi connectivity index (χ2n) is 5.08. The maximum absolute atomic E-state index is 11.6. The lowest BCUT2D eigenvalue weighted by atomic mass is 9.97. The Morgan fingerprint density at radius 3 is 2.89 bits per heavy atom. The molecule has 1 heterocycles. The highest BCUT2D eigenvalue weighted by molar-refractivity contribution is 5.75. The third kappa shape index (κ3) is 5.19. The van der Waals surface area contributed by atoms with Crippen molar-refractivity contribution in [3.63, 3.8) is 0 Å². The molecular weight excluding hydrogens is 230 g/mol. The van der Waals surface area contributed by atoms with Crippen LogP contribution >= 0.6 is 0 Å². The fourth-order valence-corrected chi connectivity index (χ4v) is 2.06. The van der Waals surface area contributed by atoms with Crippen LogP contribution in [0.5, 0.6) is 0 Å². The van der Waals surface area contributed by atoms with Crippen molar-refractivity contribution in [2.45, 2.75) is 45.5 Å². The summed E-state index contributed by atoms with van der Waals surface area (Å²) in [4.78, 5) is 13.2. The Kier molecular flexibility index (Phi) is 6.36. The summed E-state index contributed by atoms with van der Waals surface area (Å²) < 4.78 is 11.2. The van der Waals surface area contributed by atoms with E-state index in [1.54, 1.807) is 19.0 Å². The van der Waals surface area contributed by atoms with Crippen LogP contribution in [0.15, 0.2) is 12.2 Å². The zero-order valence-corrected chi connectivity index (χ0v) is 11.9. The quantitative estimate of drug-likeness (QED) is 0.683. The van der Waals surface area contributed by atoms with Crippen LogP contribution in [0, 0.1) is 5.92 Å². The normalized spacial score (nSPS) is 24.9. The molecule has 1 aliphatic rings. The summed E-state index contributed by atoms with van der Waals surface area (Å²) in [5.74, 6) is 0.508. The van der Waals surface area contributed by atoms with E-state index >= 15 is 0 Å². The van der Waals surface area contributed by atoms with Crippen LogP contribution in [0.4, 0.5) is 0 Å².